The van der Waals surface area contributed by atoms with Gasteiger partial charge in [0.2, 0.25) is 0 Å². The first-order valence-electron chi connectivity index (χ1n) is 7.29. The Bertz CT molecular complexity index is 780. The smallest absolute Gasteiger partial charge is 0.276 e. The van der Waals surface area contributed by atoms with Crippen LogP contribution in [0, 0.1) is 0 Å². The molecule has 1 amide bonds. The number of hydrogen-bond acceptors (Lipinski definition) is 3. The fraction of sp³-hybridized carbons (Fsp3) is 0.176. The van der Waals surface area contributed by atoms with Crippen LogP contribution in [0.2, 0.25) is 0 Å². The molecule has 1 aromatic carbocycles. The second-order valence-corrected chi connectivity index (χ2v) is 6.46. The van der Waals surface area contributed by atoms with Crippen LogP contribution in [0.3, 0.4) is 0 Å². The number of nitrogens with zero attached hydrogens (tertiary/aromatic N) is 1. The third-order valence-corrected chi connectivity index (χ3v) is 4.30. The minimum absolute atomic E-state index is 0.113. The van der Waals surface area contributed by atoms with E-state index in [9.17, 15) is 4.79 Å². The summed E-state index contributed by atoms with van der Waals surface area (Å²) in [4.78, 5) is 13.9. The van der Waals surface area contributed by atoms with Crippen molar-refractivity contribution in [2.45, 2.75) is 13.3 Å². The first kappa shape index (κ1) is 16.0. The molecule has 0 spiro atoms. The van der Waals surface area contributed by atoms with Crippen LogP contribution in [0.5, 0.6) is 0 Å². The first-order chi connectivity index (χ1) is 11.1. The largest absolute Gasteiger partial charge is 0.457 e. The summed E-state index contributed by atoms with van der Waals surface area (Å²) < 4.78 is 6.82. The molecule has 2 aromatic rings. The van der Waals surface area contributed by atoms with E-state index in [1.807, 2.05) is 43.3 Å². The molecule has 1 saturated heterocycles. The van der Waals surface area contributed by atoms with Gasteiger partial charge in [-0.1, -0.05) is 35.0 Å². The highest BCUT2D eigenvalue weighted by atomic mass is 79.9. The number of thiocarbonyl (C=S) groups is 1. The summed E-state index contributed by atoms with van der Waals surface area (Å²) in [6, 6.07) is 11.6. The molecular weight excluding hydrogens is 376 g/mol. The van der Waals surface area contributed by atoms with Crippen molar-refractivity contribution < 1.29 is 9.21 Å². The van der Waals surface area contributed by atoms with Gasteiger partial charge in [-0.15, -0.1) is 0 Å². The zero-order chi connectivity index (χ0) is 16.4. The van der Waals surface area contributed by atoms with E-state index in [1.54, 1.807) is 11.0 Å². The molecule has 3 rings (SSSR count). The molecule has 2 heterocycles. The van der Waals surface area contributed by atoms with E-state index in [4.69, 9.17) is 16.6 Å². The molecule has 0 atom stereocenters. The molecule has 1 aliphatic rings. The summed E-state index contributed by atoms with van der Waals surface area (Å²) in [6.45, 7) is 2.62. The van der Waals surface area contributed by atoms with Crippen molar-refractivity contribution >= 4 is 45.2 Å². The summed E-state index contributed by atoms with van der Waals surface area (Å²) in [5, 5.41) is 3.39. The number of carbonyl (C=O) groups is 1. The second-order valence-electron chi connectivity index (χ2n) is 5.15. The number of hydrogen-bond donors (Lipinski definition) is 1. The lowest BCUT2D eigenvalue weighted by molar-refractivity contribution is -0.122. The summed E-state index contributed by atoms with van der Waals surface area (Å²) in [7, 11) is 0. The molecule has 1 aromatic heterocycles. The van der Waals surface area contributed by atoms with Crippen LogP contribution in [-0.2, 0) is 4.79 Å². The van der Waals surface area contributed by atoms with Gasteiger partial charge in [0.05, 0.1) is 0 Å². The Morgan fingerprint density at radius 2 is 2.00 bits per heavy atom. The standard InChI is InChI=1S/C17H15BrN2O2S/c1-2-9-20-16(21)14(19-17(20)23)10-13-7-8-15(22-13)11-3-5-12(18)6-4-11/h3-8,10H,2,9H2,1H3,(H,19,23). The Morgan fingerprint density at radius 3 is 2.70 bits per heavy atom. The van der Waals surface area contributed by atoms with Gasteiger partial charge < -0.3 is 9.73 Å². The number of furan rings is 1. The Morgan fingerprint density at radius 1 is 1.26 bits per heavy atom. The Hall–Kier alpha value is -1.92. The third-order valence-electron chi connectivity index (χ3n) is 3.45. The Labute approximate surface area is 148 Å². The lowest BCUT2D eigenvalue weighted by Crippen LogP contribution is -2.31. The molecule has 1 aliphatic heterocycles. The van der Waals surface area contributed by atoms with Crippen molar-refractivity contribution in [2.24, 2.45) is 0 Å². The van der Waals surface area contributed by atoms with Gasteiger partial charge in [-0.05, 0) is 42.9 Å². The van der Waals surface area contributed by atoms with Crippen LogP contribution in [0.4, 0.5) is 0 Å². The molecule has 0 unspecified atom stereocenters. The average Bonchev–Trinajstić information content (AvgIpc) is 3.09. The predicted octanol–water partition coefficient (Wildman–Crippen LogP) is 4.18. The van der Waals surface area contributed by atoms with Crippen LogP contribution in [-0.4, -0.2) is 22.5 Å². The number of benzene rings is 1. The van der Waals surface area contributed by atoms with Gasteiger partial charge in [-0.3, -0.25) is 9.69 Å². The molecule has 118 valence electrons. The Balaban J connectivity index is 1.82. The molecule has 1 N–H and O–H groups in total. The quantitative estimate of drug-likeness (QED) is 0.628. The van der Waals surface area contributed by atoms with Crippen LogP contribution < -0.4 is 5.32 Å². The van der Waals surface area contributed by atoms with Crippen molar-refractivity contribution in [3.8, 4) is 11.3 Å². The molecule has 0 aliphatic carbocycles. The highest BCUT2D eigenvalue weighted by Crippen LogP contribution is 2.25. The SMILES string of the molecule is CCCN1C(=O)C(=Cc2ccc(-c3ccc(Br)cc3)o2)NC1=S. The van der Waals surface area contributed by atoms with Crippen LogP contribution >= 0.6 is 28.1 Å². The maximum atomic E-state index is 12.3. The maximum Gasteiger partial charge on any atom is 0.276 e. The normalized spacial score (nSPS) is 16.3. The summed E-state index contributed by atoms with van der Waals surface area (Å²) in [6.07, 6.45) is 2.54. The van der Waals surface area contributed by atoms with E-state index in [0.29, 0.717) is 23.1 Å². The number of nitrogens with one attached hydrogen (secondary N) is 1. The highest BCUT2D eigenvalue weighted by molar-refractivity contribution is 9.10. The predicted molar refractivity (Wildman–Crippen MR) is 97.6 cm³/mol. The minimum atomic E-state index is -0.113. The van der Waals surface area contributed by atoms with E-state index in [-0.39, 0.29) is 5.91 Å². The van der Waals surface area contributed by atoms with E-state index >= 15 is 0 Å². The van der Waals surface area contributed by atoms with Crippen LogP contribution in [0.15, 0.2) is 51.0 Å². The van der Waals surface area contributed by atoms with Crippen molar-refractivity contribution in [2.75, 3.05) is 6.54 Å². The molecule has 1 fully saturated rings. The molecule has 0 radical (unpaired) electrons. The molecule has 0 bridgehead atoms. The number of halogens is 1. The van der Waals surface area contributed by atoms with Crippen molar-refractivity contribution in [3.05, 3.63) is 52.3 Å². The van der Waals surface area contributed by atoms with E-state index in [2.05, 4.69) is 21.2 Å². The van der Waals surface area contributed by atoms with Gasteiger partial charge in [0.1, 0.15) is 17.2 Å². The maximum absolute atomic E-state index is 12.3. The zero-order valence-corrected chi connectivity index (χ0v) is 14.9. The Kier molecular flexibility index (Phi) is 4.63. The van der Waals surface area contributed by atoms with Crippen molar-refractivity contribution in [1.82, 2.24) is 10.2 Å². The molecule has 4 nitrogen and oxygen atoms in total. The molecule has 23 heavy (non-hydrogen) atoms. The topological polar surface area (TPSA) is 45.5 Å². The molecular formula is C17H15BrN2O2S. The van der Waals surface area contributed by atoms with E-state index < -0.39 is 0 Å². The van der Waals surface area contributed by atoms with Gasteiger partial charge in [-0.2, -0.15) is 0 Å². The average molecular weight is 391 g/mol. The third kappa shape index (κ3) is 3.38. The number of amides is 1. The fourth-order valence-electron chi connectivity index (χ4n) is 2.34. The van der Waals surface area contributed by atoms with Crippen LogP contribution in [0.25, 0.3) is 17.4 Å². The van der Waals surface area contributed by atoms with Gasteiger partial charge in [-0.25, -0.2) is 0 Å². The highest BCUT2D eigenvalue weighted by Gasteiger charge is 2.29. The van der Waals surface area contributed by atoms with Gasteiger partial charge in [0.25, 0.3) is 5.91 Å². The summed E-state index contributed by atoms with van der Waals surface area (Å²) in [5.41, 5.74) is 1.42. The van der Waals surface area contributed by atoms with Crippen molar-refractivity contribution in [3.63, 3.8) is 0 Å². The van der Waals surface area contributed by atoms with Gasteiger partial charge >= 0.3 is 0 Å². The van der Waals surface area contributed by atoms with Gasteiger partial charge in [0.15, 0.2) is 5.11 Å². The molecule has 0 saturated carbocycles. The lowest BCUT2D eigenvalue weighted by atomic mass is 10.2. The van der Waals surface area contributed by atoms with Crippen LogP contribution in [0.1, 0.15) is 19.1 Å². The monoisotopic (exact) mass is 390 g/mol. The summed E-state index contributed by atoms with van der Waals surface area (Å²) >= 11 is 8.60. The second kappa shape index (κ2) is 6.68. The first-order valence-corrected chi connectivity index (χ1v) is 8.49. The zero-order valence-electron chi connectivity index (χ0n) is 12.5. The van der Waals surface area contributed by atoms with E-state index in [0.717, 1.165) is 22.2 Å². The number of carbonyl (C=O) groups excluding carboxylic acids is 1. The van der Waals surface area contributed by atoms with Gasteiger partial charge in [0, 0.05) is 22.7 Å². The summed E-state index contributed by atoms with van der Waals surface area (Å²) in [5.74, 6) is 1.25. The van der Waals surface area contributed by atoms with E-state index in [1.165, 1.54) is 0 Å². The number of rotatable bonds is 4. The fourth-order valence-corrected chi connectivity index (χ4v) is 2.89. The minimum Gasteiger partial charge on any atom is -0.457 e. The lowest BCUT2D eigenvalue weighted by Gasteiger charge is -2.11. The van der Waals surface area contributed by atoms with Crippen molar-refractivity contribution in [1.29, 1.82) is 0 Å². The molecule has 6 heteroatoms.